The maximum atomic E-state index is 12.3. The predicted molar refractivity (Wildman–Crippen MR) is 71.0 cm³/mol. The lowest BCUT2D eigenvalue weighted by molar-refractivity contribution is 0.0924. The third-order valence-electron chi connectivity index (χ3n) is 4.33. The van der Waals surface area contributed by atoms with Gasteiger partial charge in [-0.2, -0.15) is 0 Å². The van der Waals surface area contributed by atoms with Crippen molar-refractivity contribution < 1.29 is 4.79 Å². The van der Waals surface area contributed by atoms with E-state index in [0.717, 1.165) is 18.6 Å². The van der Waals surface area contributed by atoms with E-state index >= 15 is 0 Å². The van der Waals surface area contributed by atoms with Gasteiger partial charge in [0.25, 0.3) is 5.91 Å². The third-order valence-corrected chi connectivity index (χ3v) is 4.33. The molecule has 5 heteroatoms. The van der Waals surface area contributed by atoms with Gasteiger partial charge in [0, 0.05) is 37.2 Å². The average molecular weight is 256 g/mol. The summed E-state index contributed by atoms with van der Waals surface area (Å²) in [6.07, 6.45) is 7.69. The fourth-order valence-electron chi connectivity index (χ4n) is 3.32. The highest BCUT2D eigenvalue weighted by Crippen LogP contribution is 2.31. The van der Waals surface area contributed by atoms with Crippen LogP contribution >= 0.6 is 0 Å². The smallest absolute Gasteiger partial charge is 0.253 e. The summed E-state index contributed by atoms with van der Waals surface area (Å²) in [5.74, 6) is 0.624. The Morgan fingerprint density at radius 1 is 1.42 bits per heavy atom. The van der Waals surface area contributed by atoms with E-state index in [1.54, 1.807) is 6.20 Å². The van der Waals surface area contributed by atoms with Gasteiger partial charge in [0.1, 0.15) is 5.65 Å². The fraction of sp³-hybridized carbons (Fsp3) is 0.429. The molecule has 2 aromatic rings. The summed E-state index contributed by atoms with van der Waals surface area (Å²) in [7, 11) is 0. The van der Waals surface area contributed by atoms with Gasteiger partial charge >= 0.3 is 0 Å². The molecule has 3 atom stereocenters. The first-order valence-corrected chi connectivity index (χ1v) is 6.76. The number of imidazole rings is 1. The van der Waals surface area contributed by atoms with Crippen LogP contribution in [0.4, 0.5) is 0 Å². The fourth-order valence-corrected chi connectivity index (χ4v) is 3.32. The lowest BCUT2D eigenvalue weighted by Crippen LogP contribution is -2.44. The van der Waals surface area contributed by atoms with Crippen molar-refractivity contribution in [2.24, 2.45) is 5.92 Å². The molecule has 2 aromatic heterocycles. The number of hydrogen-bond acceptors (Lipinski definition) is 3. The van der Waals surface area contributed by atoms with Crippen molar-refractivity contribution in [2.45, 2.75) is 24.9 Å². The second-order valence-electron chi connectivity index (χ2n) is 5.53. The van der Waals surface area contributed by atoms with Gasteiger partial charge in [-0.3, -0.25) is 4.79 Å². The van der Waals surface area contributed by atoms with Crippen molar-refractivity contribution in [1.82, 2.24) is 20.0 Å². The molecule has 0 spiro atoms. The average Bonchev–Trinajstić information content (AvgIpc) is 3.13. The van der Waals surface area contributed by atoms with E-state index in [2.05, 4.69) is 15.6 Å². The van der Waals surface area contributed by atoms with Crippen molar-refractivity contribution in [3.8, 4) is 0 Å². The SMILES string of the molecule is O=C(NC1CC2CC1CN2)c1ccc2nccn2c1. The van der Waals surface area contributed by atoms with Crippen LogP contribution in [0.25, 0.3) is 5.65 Å². The van der Waals surface area contributed by atoms with Crippen LogP contribution in [0.1, 0.15) is 23.2 Å². The molecule has 5 nitrogen and oxygen atoms in total. The lowest BCUT2D eigenvalue weighted by Gasteiger charge is -2.23. The molecule has 4 rings (SSSR count). The Labute approximate surface area is 111 Å². The second-order valence-corrected chi connectivity index (χ2v) is 5.53. The van der Waals surface area contributed by atoms with Crippen LogP contribution in [0.3, 0.4) is 0 Å². The minimum Gasteiger partial charge on any atom is -0.349 e. The van der Waals surface area contributed by atoms with Gasteiger partial charge in [0.05, 0.1) is 5.56 Å². The van der Waals surface area contributed by atoms with Crippen LogP contribution in [0.15, 0.2) is 30.7 Å². The summed E-state index contributed by atoms with van der Waals surface area (Å²) in [5.41, 5.74) is 1.56. The maximum absolute atomic E-state index is 12.3. The number of hydrogen-bond donors (Lipinski definition) is 2. The molecule has 2 N–H and O–H groups in total. The molecule has 1 aliphatic heterocycles. The first-order valence-electron chi connectivity index (χ1n) is 6.76. The summed E-state index contributed by atoms with van der Waals surface area (Å²) in [6.45, 7) is 1.04. The predicted octanol–water partition coefficient (Wildman–Crippen LogP) is 0.814. The molecule has 1 amide bonds. The van der Waals surface area contributed by atoms with Crippen molar-refractivity contribution in [3.63, 3.8) is 0 Å². The van der Waals surface area contributed by atoms with E-state index in [0.29, 0.717) is 23.6 Å². The molecular formula is C14H16N4O. The monoisotopic (exact) mass is 256 g/mol. The topological polar surface area (TPSA) is 58.4 Å². The number of fused-ring (bicyclic) bond motifs is 3. The van der Waals surface area contributed by atoms with E-state index in [4.69, 9.17) is 0 Å². The molecule has 2 aliphatic rings. The molecule has 3 unspecified atom stereocenters. The molecule has 2 fully saturated rings. The van der Waals surface area contributed by atoms with E-state index in [9.17, 15) is 4.79 Å². The molecule has 0 aromatic carbocycles. The Bertz CT molecular complexity index is 635. The van der Waals surface area contributed by atoms with Crippen LogP contribution in [0.2, 0.25) is 0 Å². The number of nitrogens with one attached hydrogen (secondary N) is 2. The highest BCUT2D eigenvalue weighted by atomic mass is 16.1. The van der Waals surface area contributed by atoms with Crippen LogP contribution in [-0.4, -0.2) is 33.9 Å². The Balaban J connectivity index is 1.53. The van der Waals surface area contributed by atoms with E-state index < -0.39 is 0 Å². The van der Waals surface area contributed by atoms with Gasteiger partial charge in [-0.1, -0.05) is 0 Å². The first kappa shape index (κ1) is 11.0. The summed E-state index contributed by atoms with van der Waals surface area (Å²) in [6, 6.07) is 4.64. The van der Waals surface area contributed by atoms with Crippen molar-refractivity contribution in [2.75, 3.05) is 6.54 Å². The third kappa shape index (κ3) is 1.81. The molecule has 0 radical (unpaired) electrons. The molecule has 1 aliphatic carbocycles. The molecule has 1 saturated carbocycles. The zero-order chi connectivity index (χ0) is 12.8. The summed E-state index contributed by atoms with van der Waals surface area (Å²) >= 11 is 0. The number of aromatic nitrogens is 2. The molecule has 2 bridgehead atoms. The Kier molecular flexibility index (Phi) is 2.35. The van der Waals surface area contributed by atoms with Gasteiger partial charge in [0.15, 0.2) is 0 Å². The highest BCUT2D eigenvalue weighted by molar-refractivity contribution is 5.94. The minimum atomic E-state index is 0.0214. The molecule has 1 saturated heterocycles. The molecule has 19 heavy (non-hydrogen) atoms. The Morgan fingerprint density at radius 2 is 2.37 bits per heavy atom. The largest absolute Gasteiger partial charge is 0.349 e. The normalized spacial score (nSPS) is 28.9. The number of rotatable bonds is 2. The highest BCUT2D eigenvalue weighted by Gasteiger charge is 2.40. The second kappa shape index (κ2) is 4.06. The first-order chi connectivity index (χ1) is 9.29. The zero-order valence-electron chi connectivity index (χ0n) is 10.5. The van der Waals surface area contributed by atoms with Crippen LogP contribution in [-0.2, 0) is 0 Å². The van der Waals surface area contributed by atoms with E-state index in [-0.39, 0.29) is 5.91 Å². The van der Waals surface area contributed by atoms with Gasteiger partial charge < -0.3 is 15.0 Å². The summed E-state index contributed by atoms with van der Waals surface area (Å²) in [4.78, 5) is 16.5. The quantitative estimate of drug-likeness (QED) is 0.836. The van der Waals surface area contributed by atoms with E-state index in [1.807, 2.05) is 28.9 Å². The molecular weight excluding hydrogens is 240 g/mol. The standard InChI is InChI=1S/C14H16N4O/c19-14(17-12-6-11-5-10(12)7-16-11)9-1-2-13-15-3-4-18(13)8-9/h1-4,8,10-12,16H,5-7H2,(H,17,19). The number of piperidine rings is 1. The van der Waals surface area contributed by atoms with Crippen LogP contribution in [0, 0.1) is 5.92 Å². The van der Waals surface area contributed by atoms with Crippen molar-refractivity contribution in [3.05, 3.63) is 36.3 Å². The maximum Gasteiger partial charge on any atom is 0.253 e. The Morgan fingerprint density at radius 3 is 3.16 bits per heavy atom. The lowest BCUT2D eigenvalue weighted by atomic mass is 10.0. The van der Waals surface area contributed by atoms with E-state index in [1.165, 1.54) is 6.42 Å². The van der Waals surface area contributed by atoms with Gasteiger partial charge in [-0.25, -0.2) is 4.98 Å². The van der Waals surface area contributed by atoms with Gasteiger partial charge in [-0.15, -0.1) is 0 Å². The van der Waals surface area contributed by atoms with Crippen LogP contribution in [0.5, 0.6) is 0 Å². The summed E-state index contributed by atoms with van der Waals surface area (Å²) < 4.78 is 1.87. The van der Waals surface area contributed by atoms with Gasteiger partial charge in [0.2, 0.25) is 0 Å². The van der Waals surface area contributed by atoms with Crippen LogP contribution < -0.4 is 10.6 Å². The summed E-state index contributed by atoms with van der Waals surface area (Å²) in [5, 5.41) is 6.63. The number of pyridine rings is 1. The minimum absolute atomic E-state index is 0.0214. The number of carbonyl (C=O) groups is 1. The Hall–Kier alpha value is -1.88. The zero-order valence-corrected chi connectivity index (χ0v) is 10.5. The van der Waals surface area contributed by atoms with Crippen molar-refractivity contribution >= 4 is 11.6 Å². The van der Waals surface area contributed by atoms with Crippen molar-refractivity contribution in [1.29, 1.82) is 0 Å². The molecule has 98 valence electrons. The van der Waals surface area contributed by atoms with Gasteiger partial charge in [-0.05, 0) is 30.9 Å². The number of nitrogens with zero attached hydrogens (tertiary/aromatic N) is 2. The number of carbonyl (C=O) groups excluding carboxylic acids is 1. The number of amides is 1. The molecule has 3 heterocycles.